The normalized spacial score (nSPS) is 19.2. The number of carboxylic acid groups (broad SMARTS) is 1. The summed E-state index contributed by atoms with van der Waals surface area (Å²) in [5.41, 5.74) is -0.275. The fourth-order valence-electron chi connectivity index (χ4n) is 1.31. The zero-order chi connectivity index (χ0) is 9.90. The number of halogens is 1. The molecule has 0 saturated carbocycles. The van der Waals surface area contributed by atoms with Crippen LogP contribution in [0.15, 0.2) is 11.1 Å². The Hall–Kier alpha value is -0.390. The fourth-order valence-corrected chi connectivity index (χ4v) is 1.45. The first kappa shape index (κ1) is 10.7. The number of carbonyl (C=O) groups is 1. The van der Waals surface area contributed by atoms with Gasteiger partial charge in [0.25, 0.3) is 0 Å². The van der Waals surface area contributed by atoms with Gasteiger partial charge in [0.15, 0.2) is 0 Å². The lowest BCUT2D eigenvalue weighted by molar-refractivity contribution is -0.139. The van der Waals surface area contributed by atoms with Crippen LogP contribution in [-0.4, -0.2) is 36.2 Å². The maximum absolute atomic E-state index is 10.6. The van der Waals surface area contributed by atoms with Gasteiger partial charge in [0.05, 0.1) is 12.0 Å². The van der Waals surface area contributed by atoms with Crippen LogP contribution in [0.2, 0.25) is 0 Å². The Labute approximate surface area is 85.5 Å². The van der Waals surface area contributed by atoms with E-state index in [1.165, 1.54) is 0 Å². The monoisotopic (exact) mass is 248 g/mol. The maximum atomic E-state index is 10.6. The Balaban J connectivity index is 2.40. The standard InChI is InChI=1S/C8H13BrN2O2/c1-6(9)3-11-8(2-7(12)13)4-10-5-8/h10-11H,1-5H2,(H,12,13). The van der Waals surface area contributed by atoms with Crippen LogP contribution in [0.1, 0.15) is 6.42 Å². The molecule has 0 bridgehead atoms. The maximum Gasteiger partial charge on any atom is 0.305 e. The first-order chi connectivity index (χ1) is 6.04. The van der Waals surface area contributed by atoms with Crippen molar-refractivity contribution in [1.82, 2.24) is 10.6 Å². The van der Waals surface area contributed by atoms with Gasteiger partial charge in [-0.25, -0.2) is 0 Å². The highest BCUT2D eigenvalue weighted by atomic mass is 79.9. The molecule has 74 valence electrons. The average Bonchev–Trinajstić information content (AvgIpc) is 1.93. The molecule has 4 nitrogen and oxygen atoms in total. The van der Waals surface area contributed by atoms with Crippen molar-refractivity contribution in [2.45, 2.75) is 12.0 Å². The molecule has 0 atom stereocenters. The SMILES string of the molecule is C=C(Br)CNC1(CC(=O)O)CNC1. The molecule has 13 heavy (non-hydrogen) atoms. The Bertz CT molecular complexity index is 226. The fraction of sp³-hybridized carbons (Fsp3) is 0.625. The van der Waals surface area contributed by atoms with Crippen LogP contribution in [0.4, 0.5) is 0 Å². The van der Waals surface area contributed by atoms with E-state index in [4.69, 9.17) is 5.11 Å². The molecular weight excluding hydrogens is 236 g/mol. The van der Waals surface area contributed by atoms with Crippen molar-refractivity contribution in [1.29, 1.82) is 0 Å². The van der Waals surface area contributed by atoms with Crippen LogP contribution in [0, 0.1) is 0 Å². The number of hydrogen-bond acceptors (Lipinski definition) is 3. The molecule has 1 saturated heterocycles. The highest BCUT2D eigenvalue weighted by Crippen LogP contribution is 2.16. The van der Waals surface area contributed by atoms with Crippen molar-refractivity contribution in [2.75, 3.05) is 19.6 Å². The van der Waals surface area contributed by atoms with Crippen molar-refractivity contribution in [3.8, 4) is 0 Å². The van der Waals surface area contributed by atoms with Gasteiger partial charge in [0, 0.05) is 24.1 Å². The van der Waals surface area contributed by atoms with Crippen molar-refractivity contribution < 1.29 is 9.90 Å². The lowest BCUT2D eigenvalue weighted by Crippen LogP contribution is -2.68. The summed E-state index contributed by atoms with van der Waals surface area (Å²) in [5.74, 6) is -0.769. The number of carboxylic acids is 1. The molecule has 5 heteroatoms. The molecule has 1 fully saturated rings. The lowest BCUT2D eigenvalue weighted by atomic mass is 9.88. The Morgan fingerprint density at radius 2 is 2.31 bits per heavy atom. The van der Waals surface area contributed by atoms with Crippen LogP contribution >= 0.6 is 15.9 Å². The Morgan fingerprint density at radius 1 is 1.69 bits per heavy atom. The third-order valence-corrected chi connectivity index (χ3v) is 2.35. The summed E-state index contributed by atoms with van der Waals surface area (Å²) in [7, 11) is 0. The van der Waals surface area contributed by atoms with Gasteiger partial charge in [-0.15, -0.1) is 0 Å². The van der Waals surface area contributed by atoms with E-state index >= 15 is 0 Å². The first-order valence-electron chi connectivity index (χ1n) is 4.05. The van der Waals surface area contributed by atoms with Crippen LogP contribution in [0.25, 0.3) is 0 Å². The van der Waals surface area contributed by atoms with E-state index in [1.54, 1.807) is 0 Å². The minimum Gasteiger partial charge on any atom is -0.481 e. The van der Waals surface area contributed by atoms with Crippen molar-refractivity contribution in [3.05, 3.63) is 11.1 Å². The summed E-state index contributed by atoms with van der Waals surface area (Å²) in [6, 6.07) is 0. The van der Waals surface area contributed by atoms with E-state index < -0.39 is 5.97 Å². The van der Waals surface area contributed by atoms with E-state index in [0.29, 0.717) is 19.6 Å². The summed E-state index contributed by atoms with van der Waals surface area (Å²) in [6.07, 6.45) is 0.153. The summed E-state index contributed by atoms with van der Waals surface area (Å²) in [5, 5.41) is 14.9. The predicted molar refractivity (Wildman–Crippen MR) is 53.9 cm³/mol. The third-order valence-electron chi connectivity index (χ3n) is 2.07. The summed E-state index contributed by atoms with van der Waals surface area (Å²) in [4.78, 5) is 10.6. The molecule has 1 aliphatic rings. The average molecular weight is 249 g/mol. The van der Waals surface area contributed by atoms with Crippen LogP contribution in [0.3, 0.4) is 0 Å². The minimum absolute atomic E-state index is 0.153. The molecule has 0 aromatic heterocycles. The highest BCUT2D eigenvalue weighted by molar-refractivity contribution is 9.11. The number of aliphatic carboxylic acids is 1. The third kappa shape index (κ3) is 3.10. The second-order valence-corrected chi connectivity index (χ2v) is 4.45. The van der Waals surface area contributed by atoms with E-state index in [0.717, 1.165) is 4.48 Å². The molecule has 1 rings (SSSR count). The summed E-state index contributed by atoms with van der Waals surface area (Å²) in [6.45, 7) is 5.70. The van der Waals surface area contributed by atoms with Gasteiger partial charge in [-0.1, -0.05) is 22.5 Å². The summed E-state index contributed by atoms with van der Waals surface area (Å²) < 4.78 is 0.837. The van der Waals surface area contributed by atoms with Gasteiger partial charge < -0.3 is 15.7 Å². The van der Waals surface area contributed by atoms with E-state index in [-0.39, 0.29) is 12.0 Å². The molecule has 0 aliphatic carbocycles. The molecule has 0 aromatic rings. The molecule has 1 aliphatic heterocycles. The Morgan fingerprint density at radius 3 is 2.62 bits per heavy atom. The smallest absolute Gasteiger partial charge is 0.305 e. The number of nitrogens with one attached hydrogen (secondary N) is 2. The lowest BCUT2D eigenvalue weighted by Gasteiger charge is -2.42. The van der Waals surface area contributed by atoms with Gasteiger partial charge in [0.1, 0.15) is 0 Å². The quantitative estimate of drug-likeness (QED) is 0.656. The largest absolute Gasteiger partial charge is 0.481 e. The number of hydrogen-bond donors (Lipinski definition) is 3. The van der Waals surface area contributed by atoms with Crippen molar-refractivity contribution in [3.63, 3.8) is 0 Å². The highest BCUT2D eigenvalue weighted by Gasteiger charge is 2.38. The molecular formula is C8H13BrN2O2. The molecule has 0 aromatic carbocycles. The van der Waals surface area contributed by atoms with E-state index in [9.17, 15) is 4.79 Å². The van der Waals surface area contributed by atoms with Gasteiger partial charge in [-0.05, 0) is 0 Å². The molecule has 3 N–H and O–H groups in total. The van der Waals surface area contributed by atoms with Crippen molar-refractivity contribution >= 4 is 21.9 Å². The van der Waals surface area contributed by atoms with Crippen molar-refractivity contribution in [2.24, 2.45) is 0 Å². The van der Waals surface area contributed by atoms with Gasteiger partial charge >= 0.3 is 5.97 Å². The van der Waals surface area contributed by atoms with Gasteiger partial charge in [-0.3, -0.25) is 4.79 Å². The molecule has 1 heterocycles. The second kappa shape index (κ2) is 4.21. The topological polar surface area (TPSA) is 61.4 Å². The predicted octanol–water partition coefficient (Wildman–Crippen LogP) is 0.301. The van der Waals surface area contributed by atoms with E-state index in [1.807, 2.05) is 0 Å². The Kier molecular flexibility index (Phi) is 3.47. The van der Waals surface area contributed by atoms with E-state index in [2.05, 4.69) is 33.1 Å². The molecule has 0 amide bonds. The second-order valence-electron chi connectivity index (χ2n) is 3.33. The van der Waals surface area contributed by atoms with Gasteiger partial charge in [0.2, 0.25) is 0 Å². The van der Waals surface area contributed by atoms with Gasteiger partial charge in [-0.2, -0.15) is 0 Å². The summed E-state index contributed by atoms with van der Waals surface area (Å²) >= 11 is 3.22. The van der Waals surface area contributed by atoms with Crippen LogP contribution < -0.4 is 10.6 Å². The molecule has 0 radical (unpaired) electrons. The zero-order valence-electron chi connectivity index (χ0n) is 7.27. The van der Waals surface area contributed by atoms with Crippen LogP contribution in [-0.2, 0) is 4.79 Å². The minimum atomic E-state index is -0.769. The number of rotatable bonds is 5. The van der Waals surface area contributed by atoms with Crippen LogP contribution in [0.5, 0.6) is 0 Å². The molecule has 0 unspecified atom stereocenters. The molecule has 0 spiro atoms. The first-order valence-corrected chi connectivity index (χ1v) is 4.84. The zero-order valence-corrected chi connectivity index (χ0v) is 8.85.